The quantitative estimate of drug-likeness (QED) is 0.248. The predicted molar refractivity (Wildman–Crippen MR) is 142 cm³/mol. The van der Waals surface area contributed by atoms with Crippen LogP contribution in [-0.2, 0) is 30.3 Å². The zero-order valence-corrected chi connectivity index (χ0v) is 22.9. The Kier molecular flexibility index (Phi) is 8.26. The molecule has 2 amide bonds. The average molecular weight is 576 g/mol. The maximum Gasteiger partial charge on any atom is 0.312 e. The van der Waals surface area contributed by atoms with E-state index in [0.29, 0.717) is 19.4 Å². The number of likely N-dealkylation sites (tertiary alicyclic amines) is 1. The second-order valence-electron chi connectivity index (χ2n) is 10.2. The molecule has 3 saturated heterocycles. The SMILES string of the molecule is C=CCOC(=O)[C@H]1[C@H]2C(=O)N([C@@H](CO)Cc3ccccc3)C(C(=O)N(CC=C)C(C)C)C23CC(Br)[C@@H]1O3. The summed E-state index contributed by atoms with van der Waals surface area (Å²) in [5.41, 5.74) is -0.295. The van der Waals surface area contributed by atoms with Gasteiger partial charge in [0.15, 0.2) is 0 Å². The zero-order valence-electron chi connectivity index (χ0n) is 21.3. The Bertz CT molecular complexity index is 1050. The Balaban J connectivity index is 1.81. The van der Waals surface area contributed by atoms with Crippen LogP contribution in [0.15, 0.2) is 55.6 Å². The number of fused-ring (bicyclic) bond motifs is 1. The Morgan fingerprint density at radius 3 is 2.59 bits per heavy atom. The van der Waals surface area contributed by atoms with Gasteiger partial charge in [0.05, 0.1) is 30.6 Å². The van der Waals surface area contributed by atoms with Crippen LogP contribution in [0.1, 0.15) is 25.8 Å². The molecular weight excluding hydrogens is 540 g/mol. The van der Waals surface area contributed by atoms with E-state index in [2.05, 4.69) is 29.1 Å². The maximum absolute atomic E-state index is 14.3. The van der Waals surface area contributed by atoms with Crippen LogP contribution in [0.2, 0.25) is 0 Å². The van der Waals surface area contributed by atoms with Gasteiger partial charge in [0.2, 0.25) is 11.8 Å². The lowest BCUT2D eigenvalue weighted by Gasteiger charge is -2.40. The first kappa shape index (κ1) is 27.5. The van der Waals surface area contributed by atoms with Gasteiger partial charge in [-0.1, -0.05) is 65.0 Å². The number of esters is 1. The van der Waals surface area contributed by atoms with E-state index in [4.69, 9.17) is 9.47 Å². The minimum absolute atomic E-state index is 0.0166. The number of alkyl halides is 1. The summed E-state index contributed by atoms with van der Waals surface area (Å²) in [5.74, 6) is -2.94. The molecule has 3 aliphatic rings. The van der Waals surface area contributed by atoms with Gasteiger partial charge < -0.3 is 24.4 Å². The van der Waals surface area contributed by atoms with Crippen LogP contribution >= 0.6 is 15.9 Å². The van der Waals surface area contributed by atoms with Crippen LogP contribution in [0, 0.1) is 11.8 Å². The van der Waals surface area contributed by atoms with Crippen molar-refractivity contribution in [3.05, 3.63) is 61.2 Å². The number of hydrogen-bond donors (Lipinski definition) is 1. The van der Waals surface area contributed by atoms with Crippen LogP contribution in [0.5, 0.6) is 0 Å². The van der Waals surface area contributed by atoms with E-state index in [-0.39, 0.29) is 35.9 Å². The second-order valence-corrected chi connectivity index (χ2v) is 11.4. The summed E-state index contributed by atoms with van der Waals surface area (Å²) in [5, 5.41) is 10.5. The first-order valence-corrected chi connectivity index (χ1v) is 13.6. The first-order chi connectivity index (χ1) is 17.7. The molecule has 0 aliphatic carbocycles. The normalized spacial score (nSPS) is 30.8. The van der Waals surface area contributed by atoms with Crippen LogP contribution < -0.4 is 0 Å². The lowest BCUT2D eigenvalue weighted by atomic mass is 9.70. The fourth-order valence-corrected chi connectivity index (χ4v) is 7.18. The number of carbonyl (C=O) groups is 3. The van der Waals surface area contributed by atoms with Crippen LogP contribution in [0.25, 0.3) is 0 Å². The number of ether oxygens (including phenoxy) is 2. The largest absolute Gasteiger partial charge is 0.461 e. The number of aliphatic hydroxyl groups is 1. The average Bonchev–Trinajstić information content (AvgIpc) is 3.47. The molecule has 0 aromatic heterocycles. The molecular formula is C28H35BrN2O6. The van der Waals surface area contributed by atoms with E-state index in [1.54, 1.807) is 11.0 Å². The van der Waals surface area contributed by atoms with Crippen molar-refractivity contribution in [2.75, 3.05) is 19.8 Å². The summed E-state index contributed by atoms with van der Waals surface area (Å²) in [7, 11) is 0. The summed E-state index contributed by atoms with van der Waals surface area (Å²) >= 11 is 3.65. The standard InChI is InChI=1S/C28H35BrN2O6/c1-5-12-30(17(3)4)26(34)24-28-15-20(29)23(37-28)21(27(35)36-13-6-2)22(28)25(33)31(24)19(16-32)14-18-10-8-7-9-11-18/h5-11,17,19-24,32H,1-2,12-16H2,3-4H3/t19-,20?,21+,22+,23+,24?,28?/m1/s1. The number of amides is 2. The molecule has 9 heteroatoms. The fourth-order valence-electron chi connectivity index (χ4n) is 6.24. The minimum Gasteiger partial charge on any atom is -0.461 e. The van der Waals surface area contributed by atoms with Crippen molar-refractivity contribution in [3.8, 4) is 0 Å². The van der Waals surface area contributed by atoms with Crippen molar-refractivity contribution in [1.82, 2.24) is 9.80 Å². The molecule has 1 spiro atoms. The number of rotatable bonds is 11. The van der Waals surface area contributed by atoms with E-state index in [1.807, 2.05) is 44.2 Å². The Labute approximate surface area is 226 Å². The number of nitrogens with zero attached hydrogens (tertiary/aromatic N) is 2. The second kappa shape index (κ2) is 11.1. The molecule has 1 aromatic carbocycles. The van der Waals surface area contributed by atoms with Crippen molar-refractivity contribution < 1.29 is 29.0 Å². The number of halogens is 1. The Morgan fingerprint density at radius 2 is 2.00 bits per heavy atom. The van der Waals surface area contributed by atoms with Gasteiger partial charge in [0, 0.05) is 17.4 Å². The highest BCUT2D eigenvalue weighted by atomic mass is 79.9. The lowest BCUT2D eigenvalue weighted by Crippen LogP contribution is -2.60. The summed E-state index contributed by atoms with van der Waals surface area (Å²) in [6, 6.07) is 7.67. The van der Waals surface area contributed by atoms with Crippen LogP contribution in [0.4, 0.5) is 0 Å². The van der Waals surface area contributed by atoms with Crippen molar-refractivity contribution in [2.45, 2.75) is 61.3 Å². The fraction of sp³-hybridized carbons (Fsp3) is 0.536. The highest BCUT2D eigenvalue weighted by Gasteiger charge is 2.77. The van der Waals surface area contributed by atoms with Crippen LogP contribution in [0.3, 0.4) is 0 Å². The van der Waals surface area contributed by atoms with Gasteiger partial charge in [0.1, 0.15) is 18.2 Å². The third-order valence-electron chi connectivity index (χ3n) is 7.73. The molecule has 3 fully saturated rings. The predicted octanol–water partition coefficient (Wildman–Crippen LogP) is 2.49. The number of hydrogen-bond acceptors (Lipinski definition) is 6. The molecule has 37 heavy (non-hydrogen) atoms. The molecule has 0 radical (unpaired) electrons. The molecule has 7 atom stereocenters. The maximum atomic E-state index is 14.3. The van der Waals surface area contributed by atoms with Gasteiger partial charge in [-0.15, -0.1) is 6.58 Å². The highest BCUT2D eigenvalue weighted by Crippen LogP contribution is 2.60. The van der Waals surface area contributed by atoms with E-state index < -0.39 is 41.6 Å². The van der Waals surface area contributed by atoms with Crippen molar-refractivity contribution >= 4 is 33.7 Å². The van der Waals surface area contributed by atoms with Gasteiger partial charge in [-0.25, -0.2) is 0 Å². The van der Waals surface area contributed by atoms with Gasteiger partial charge in [-0.3, -0.25) is 14.4 Å². The monoisotopic (exact) mass is 574 g/mol. The highest BCUT2D eigenvalue weighted by molar-refractivity contribution is 9.09. The Hall–Kier alpha value is -2.49. The summed E-state index contributed by atoms with van der Waals surface area (Å²) in [6.45, 7) is 11.2. The molecule has 3 unspecified atom stereocenters. The molecule has 2 bridgehead atoms. The van der Waals surface area contributed by atoms with E-state index >= 15 is 0 Å². The molecule has 1 aromatic rings. The molecule has 3 heterocycles. The van der Waals surface area contributed by atoms with E-state index in [1.165, 1.54) is 11.0 Å². The summed E-state index contributed by atoms with van der Waals surface area (Å²) in [6.07, 6.45) is 3.26. The number of carbonyl (C=O) groups excluding carboxylic acids is 3. The third-order valence-corrected chi connectivity index (χ3v) is 8.57. The molecule has 200 valence electrons. The molecule has 0 saturated carbocycles. The lowest BCUT2D eigenvalue weighted by molar-refractivity contribution is -0.156. The number of benzene rings is 1. The van der Waals surface area contributed by atoms with Crippen molar-refractivity contribution in [3.63, 3.8) is 0 Å². The smallest absolute Gasteiger partial charge is 0.312 e. The van der Waals surface area contributed by atoms with Gasteiger partial charge in [0.25, 0.3) is 0 Å². The molecule has 1 N–H and O–H groups in total. The topological polar surface area (TPSA) is 96.4 Å². The van der Waals surface area contributed by atoms with Crippen molar-refractivity contribution in [1.29, 1.82) is 0 Å². The van der Waals surface area contributed by atoms with Gasteiger partial charge in [-0.2, -0.15) is 0 Å². The first-order valence-electron chi connectivity index (χ1n) is 12.7. The molecule has 8 nitrogen and oxygen atoms in total. The van der Waals surface area contributed by atoms with Crippen molar-refractivity contribution in [2.24, 2.45) is 11.8 Å². The molecule has 4 rings (SSSR count). The number of aliphatic hydroxyl groups excluding tert-OH is 1. The third kappa shape index (κ3) is 4.66. The summed E-state index contributed by atoms with van der Waals surface area (Å²) in [4.78, 5) is 44.6. The van der Waals surface area contributed by atoms with E-state index in [0.717, 1.165) is 5.56 Å². The zero-order chi connectivity index (χ0) is 26.9. The van der Waals surface area contributed by atoms with Gasteiger partial charge >= 0.3 is 5.97 Å². The van der Waals surface area contributed by atoms with E-state index in [9.17, 15) is 19.5 Å². The Morgan fingerprint density at radius 1 is 1.30 bits per heavy atom. The summed E-state index contributed by atoms with van der Waals surface area (Å²) < 4.78 is 11.9. The van der Waals surface area contributed by atoms with Gasteiger partial charge in [-0.05, 0) is 32.3 Å². The molecule has 3 aliphatic heterocycles. The van der Waals surface area contributed by atoms with Crippen LogP contribution in [-0.4, -0.2) is 87.1 Å². The minimum atomic E-state index is -1.22.